The Labute approximate surface area is 233 Å². The number of nitrogen functional groups attached to an aromatic ring is 2. The van der Waals surface area contributed by atoms with E-state index >= 15 is 0 Å². The Morgan fingerprint density at radius 2 is 1.88 bits per heavy atom. The summed E-state index contributed by atoms with van der Waals surface area (Å²) >= 11 is 0. The van der Waals surface area contributed by atoms with E-state index in [0.29, 0.717) is 50.3 Å². The van der Waals surface area contributed by atoms with Crippen LogP contribution < -0.4 is 22.4 Å². The van der Waals surface area contributed by atoms with Gasteiger partial charge in [0.05, 0.1) is 22.0 Å². The molecule has 6 rings (SSSR count). The molecular formula is C31H26FN7O2. The monoisotopic (exact) mass is 547 g/mol. The summed E-state index contributed by atoms with van der Waals surface area (Å²) < 4.78 is 22.3. The molecular weight excluding hydrogens is 521 g/mol. The summed E-state index contributed by atoms with van der Waals surface area (Å²) in [5, 5.41) is 5.83. The fraction of sp³-hybridized carbons (Fsp3) is 0.0968. The maximum absolute atomic E-state index is 14.3. The maximum atomic E-state index is 14.3. The van der Waals surface area contributed by atoms with E-state index in [1.165, 1.54) is 18.5 Å². The van der Waals surface area contributed by atoms with Crippen molar-refractivity contribution in [2.75, 3.05) is 11.2 Å². The molecule has 204 valence electrons. The lowest BCUT2D eigenvalue weighted by molar-refractivity contribution is 0.446. The number of nitrogens with one attached hydrogen (secondary N) is 1. The second-order valence-corrected chi connectivity index (χ2v) is 9.79. The summed E-state index contributed by atoms with van der Waals surface area (Å²) in [5.74, 6) is 5.88. The van der Waals surface area contributed by atoms with Crippen molar-refractivity contribution in [3.63, 3.8) is 0 Å². The predicted molar refractivity (Wildman–Crippen MR) is 159 cm³/mol. The molecule has 3 aromatic carbocycles. The van der Waals surface area contributed by atoms with Crippen LogP contribution in [0.25, 0.3) is 50.0 Å². The van der Waals surface area contributed by atoms with Gasteiger partial charge in [0.15, 0.2) is 5.65 Å². The lowest BCUT2D eigenvalue weighted by atomic mass is 9.99. The molecule has 3 aromatic heterocycles. The van der Waals surface area contributed by atoms with Crippen molar-refractivity contribution in [1.82, 2.24) is 19.7 Å². The number of allylic oxidation sites excluding steroid dienone is 1. The van der Waals surface area contributed by atoms with Gasteiger partial charge in [-0.3, -0.25) is 10.6 Å². The van der Waals surface area contributed by atoms with Crippen LogP contribution in [-0.4, -0.2) is 19.7 Å². The number of nitrogens with zero attached hydrogens (tertiary/aromatic N) is 4. The summed E-state index contributed by atoms with van der Waals surface area (Å²) in [7, 11) is 0. The molecule has 0 aliphatic rings. The third-order valence-electron chi connectivity index (χ3n) is 7.11. The quantitative estimate of drug-likeness (QED) is 0.173. The third kappa shape index (κ3) is 4.30. The zero-order valence-corrected chi connectivity index (χ0v) is 22.4. The molecule has 0 radical (unpaired) electrons. The van der Waals surface area contributed by atoms with Crippen LogP contribution in [-0.2, 0) is 0 Å². The molecule has 41 heavy (non-hydrogen) atoms. The highest BCUT2D eigenvalue weighted by atomic mass is 19.1. The van der Waals surface area contributed by atoms with Crippen LogP contribution in [0.2, 0.25) is 0 Å². The molecule has 0 spiro atoms. The predicted octanol–water partition coefficient (Wildman–Crippen LogP) is 5.92. The van der Waals surface area contributed by atoms with E-state index in [0.717, 1.165) is 11.1 Å². The van der Waals surface area contributed by atoms with Crippen LogP contribution >= 0.6 is 0 Å². The van der Waals surface area contributed by atoms with Gasteiger partial charge in [0, 0.05) is 11.1 Å². The van der Waals surface area contributed by atoms with Gasteiger partial charge in [0.1, 0.15) is 41.0 Å². The number of benzene rings is 3. The fourth-order valence-corrected chi connectivity index (χ4v) is 5.13. The Bertz CT molecular complexity index is 2050. The summed E-state index contributed by atoms with van der Waals surface area (Å²) in [4.78, 5) is 22.5. The number of halogens is 1. The molecule has 0 saturated heterocycles. The van der Waals surface area contributed by atoms with Gasteiger partial charge in [0.25, 0.3) is 0 Å². The van der Waals surface area contributed by atoms with E-state index in [-0.39, 0.29) is 16.8 Å². The van der Waals surface area contributed by atoms with E-state index in [1.807, 2.05) is 32.0 Å². The topological polar surface area (TPSA) is 138 Å². The van der Waals surface area contributed by atoms with Gasteiger partial charge in [-0.15, -0.1) is 0 Å². The molecule has 0 aliphatic heterocycles. The molecule has 6 aromatic rings. The zero-order chi connectivity index (χ0) is 28.8. The number of hydrazine groups is 1. The van der Waals surface area contributed by atoms with Crippen molar-refractivity contribution in [1.29, 1.82) is 0 Å². The Kier molecular flexibility index (Phi) is 6.32. The lowest BCUT2D eigenvalue weighted by Gasteiger charge is -2.17. The van der Waals surface area contributed by atoms with Gasteiger partial charge in [-0.05, 0) is 55.3 Å². The first-order valence-electron chi connectivity index (χ1n) is 12.9. The molecule has 0 aliphatic carbocycles. The van der Waals surface area contributed by atoms with E-state index in [9.17, 15) is 9.18 Å². The summed E-state index contributed by atoms with van der Waals surface area (Å²) in [6, 6.07) is 17.8. The molecule has 0 unspecified atom stereocenters. The average Bonchev–Trinajstić information content (AvgIpc) is 3.37. The first kappa shape index (κ1) is 25.9. The highest BCUT2D eigenvalue weighted by molar-refractivity contribution is 5.99. The molecule has 9 nitrogen and oxygen atoms in total. The molecule has 0 saturated carbocycles. The van der Waals surface area contributed by atoms with E-state index in [1.54, 1.807) is 41.1 Å². The number of hydrogen-bond donors (Lipinski definition) is 3. The first-order valence-corrected chi connectivity index (χ1v) is 12.9. The van der Waals surface area contributed by atoms with Crippen LogP contribution in [0.4, 0.5) is 15.9 Å². The molecule has 0 bridgehead atoms. The number of nitrogens with two attached hydrogens (primary N) is 2. The number of aromatic nitrogens is 4. The minimum Gasteiger partial charge on any atom is -0.458 e. The first-order chi connectivity index (χ1) is 19.8. The van der Waals surface area contributed by atoms with Gasteiger partial charge < -0.3 is 15.6 Å². The van der Waals surface area contributed by atoms with E-state index in [4.69, 9.17) is 21.1 Å². The maximum Gasteiger partial charge on any atom is 0.200 e. The second kappa shape index (κ2) is 10.00. The van der Waals surface area contributed by atoms with Gasteiger partial charge in [-0.25, -0.2) is 19.0 Å². The normalized spacial score (nSPS) is 12.1. The number of hydrogen-bond acceptors (Lipinski definition) is 8. The van der Waals surface area contributed by atoms with Crippen molar-refractivity contribution < 1.29 is 8.81 Å². The van der Waals surface area contributed by atoms with Crippen molar-refractivity contribution in [3.05, 3.63) is 107 Å². The smallest absolute Gasteiger partial charge is 0.200 e. The minimum absolute atomic E-state index is 0.236. The van der Waals surface area contributed by atoms with Crippen LogP contribution in [0.3, 0.4) is 0 Å². The summed E-state index contributed by atoms with van der Waals surface area (Å²) in [6.45, 7) is 7.74. The molecule has 5 N–H and O–H groups in total. The van der Waals surface area contributed by atoms with Gasteiger partial charge in [-0.1, -0.05) is 43.0 Å². The summed E-state index contributed by atoms with van der Waals surface area (Å²) in [5.41, 5.74) is 13.9. The minimum atomic E-state index is -0.655. The molecule has 0 fully saturated rings. The Balaban J connectivity index is 1.62. The fourth-order valence-electron chi connectivity index (χ4n) is 5.13. The number of anilines is 2. The lowest BCUT2D eigenvalue weighted by Crippen LogP contribution is -2.16. The standard InChI is InChI=1S/C31H26FN7O2/c1-16(2)21-12-11-19(14-23(21)37-34)27-26-30(33)35-15-36-31(26)39(38-27)17(3)29-25(18-7-6-8-20(32)13-18)28(40)22-9-4-5-10-24(22)41-29/h4-15,17,37H,1,34H2,2-3H3,(H2,33,35,36)/t17-/m1/s1. The highest BCUT2D eigenvalue weighted by Crippen LogP contribution is 2.37. The SMILES string of the molecule is C=C(C)c1ccc(-c2nn([C@H](C)c3oc4ccccc4c(=O)c3-c3cccc(F)c3)c3ncnc(N)c23)cc1NN. The Morgan fingerprint density at radius 1 is 1.07 bits per heavy atom. The molecule has 0 amide bonds. The van der Waals surface area contributed by atoms with E-state index in [2.05, 4.69) is 22.0 Å². The molecule has 10 heteroatoms. The number of para-hydroxylation sites is 1. The van der Waals surface area contributed by atoms with Crippen molar-refractivity contribution >= 4 is 39.1 Å². The van der Waals surface area contributed by atoms with Gasteiger partial charge in [0.2, 0.25) is 5.43 Å². The van der Waals surface area contributed by atoms with Gasteiger partial charge in [-0.2, -0.15) is 5.10 Å². The Morgan fingerprint density at radius 3 is 2.63 bits per heavy atom. The van der Waals surface area contributed by atoms with Crippen molar-refractivity contribution in [2.45, 2.75) is 19.9 Å². The largest absolute Gasteiger partial charge is 0.458 e. The van der Waals surface area contributed by atoms with Crippen LogP contribution in [0.1, 0.15) is 31.2 Å². The highest BCUT2D eigenvalue weighted by Gasteiger charge is 2.27. The number of fused-ring (bicyclic) bond motifs is 2. The van der Waals surface area contributed by atoms with Crippen LogP contribution in [0.5, 0.6) is 0 Å². The van der Waals surface area contributed by atoms with Crippen molar-refractivity contribution in [3.8, 4) is 22.4 Å². The van der Waals surface area contributed by atoms with Crippen molar-refractivity contribution in [2.24, 2.45) is 5.84 Å². The average molecular weight is 548 g/mol. The second-order valence-electron chi connectivity index (χ2n) is 9.79. The molecule has 3 heterocycles. The van der Waals surface area contributed by atoms with Gasteiger partial charge >= 0.3 is 0 Å². The van der Waals surface area contributed by atoms with Crippen LogP contribution in [0, 0.1) is 5.82 Å². The number of rotatable bonds is 6. The Hall–Kier alpha value is -5.35. The molecule has 1 atom stereocenters. The van der Waals surface area contributed by atoms with E-state index < -0.39 is 11.9 Å². The third-order valence-corrected chi connectivity index (χ3v) is 7.11. The van der Waals surface area contributed by atoms with Crippen LogP contribution in [0.15, 0.2) is 88.8 Å². The zero-order valence-electron chi connectivity index (χ0n) is 22.4. The summed E-state index contributed by atoms with van der Waals surface area (Å²) in [6.07, 6.45) is 1.35.